The van der Waals surface area contributed by atoms with Gasteiger partial charge in [0.1, 0.15) is 0 Å². The summed E-state index contributed by atoms with van der Waals surface area (Å²) in [5.74, 6) is 0.973. The third-order valence-electron chi connectivity index (χ3n) is 5.86. The van der Waals surface area contributed by atoms with Crippen molar-refractivity contribution in [2.24, 2.45) is 0 Å². The number of benzene rings is 1. The highest BCUT2D eigenvalue weighted by Crippen LogP contribution is 2.58. The third-order valence-corrected chi connectivity index (χ3v) is 9.64. The monoisotopic (exact) mass is 411 g/mol. The van der Waals surface area contributed by atoms with Crippen molar-refractivity contribution in [1.82, 2.24) is 4.98 Å². The molecule has 0 bridgehead atoms. The molecule has 0 aliphatic carbocycles. The van der Waals surface area contributed by atoms with Gasteiger partial charge in [-0.05, 0) is 58.0 Å². The van der Waals surface area contributed by atoms with Gasteiger partial charge in [0.25, 0.3) is 0 Å². The Balaban J connectivity index is 2.51. The first-order valence-electron chi connectivity index (χ1n) is 11.3. The van der Waals surface area contributed by atoms with Crippen LogP contribution in [0, 0.1) is 0 Å². The summed E-state index contributed by atoms with van der Waals surface area (Å²) in [7, 11) is -0.0825. The van der Waals surface area contributed by atoms with E-state index in [1.54, 1.807) is 0 Å². The molecule has 1 aromatic heterocycles. The standard InChI is InChI=1S/C27H42NP/c1-18(2)23-14-12-15-24(19(3)4)26(23)25-16-11-13-22(28-25)17-27(9,10)29(20(5)6)21(7)8/h11-16,18-21H,17H2,1-10H3. The van der Waals surface area contributed by atoms with Crippen LogP contribution in [0.25, 0.3) is 11.3 Å². The lowest BCUT2D eigenvalue weighted by Crippen LogP contribution is -2.28. The van der Waals surface area contributed by atoms with Crippen LogP contribution < -0.4 is 0 Å². The number of hydrogen-bond donors (Lipinski definition) is 0. The van der Waals surface area contributed by atoms with Crippen LogP contribution in [0.5, 0.6) is 0 Å². The van der Waals surface area contributed by atoms with Crippen LogP contribution in [0.3, 0.4) is 0 Å². The summed E-state index contributed by atoms with van der Waals surface area (Å²) in [5, 5.41) is 0.279. The van der Waals surface area contributed by atoms with E-state index in [1.807, 2.05) is 0 Å². The fraction of sp³-hybridized carbons (Fsp3) is 0.593. The first kappa shape index (κ1) is 24.1. The van der Waals surface area contributed by atoms with Gasteiger partial charge in [-0.3, -0.25) is 4.98 Å². The largest absolute Gasteiger partial charge is 0.253 e. The molecule has 2 aromatic rings. The van der Waals surface area contributed by atoms with Crippen LogP contribution >= 0.6 is 7.92 Å². The van der Waals surface area contributed by atoms with Crippen molar-refractivity contribution in [3.05, 3.63) is 53.2 Å². The summed E-state index contributed by atoms with van der Waals surface area (Å²) in [6, 6.07) is 13.4. The van der Waals surface area contributed by atoms with E-state index in [4.69, 9.17) is 4.98 Å². The predicted molar refractivity (Wildman–Crippen MR) is 133 cm³/mol. The molecule has 0 saturated carbocycles. The van der Waals surface area contributed by atoms with Gasteiger partial charge in [0.2, 0.25) is 0 Å². The number of aromatic nitrogens is 1. The second-order valence-corrected chi connectivity index (χ2v) is 14.3. The molecule has 160 valence electrons. The highest BCUT2D eigenvalue weighted by molar-refractivity contribution is 7.60. The second kappa shape index (κ2) is 9.74. The van der Waals surface area contributed by atoms with E-state index in [9.17, 15) is 0 Å². The van der Waals surface area contributed by atoms with Gasteiger partial charge in [-0.2, -0.15) is 0 Å². The lowest BCUT2D eigenvalue weighted by atomic mass is 9.87. The minimum atomic E-state index is -0.0825. The topological polar surface area (TPSA) is 12.9 Å². The Morgan fingerprint density at radius 1 is 0.759 bits per heavy atom. The summed E-state index contributed by atoms with van der Waals surface area (Å²) >= 11 is 0. The molecule has 0 aliphatic rings. The second-order valence-electron chi connectivity index (χ2n) is 10.2. The fourth-order valence-electron chi connectivity index (χ4n) is 5.09. The zero-order valence-electron chi connectivity index (χ0n) is 20.4. The van der Waals surface area contributed by atoms with E-state index in [1.165, 1.54) is 22.4 Å². The van der Waals surface area contributed by atoms with E-state index < -0.39 is 0 Å². The summed E-state index contributed by atoms with van der Waals surface area (Å²) in [6.07, 6.45) is 1.05. The first-order valence-corrected chi connectivity index (χ1v) is 12.8. The molecule has 2 rings (SSSR count). The first-order chi connectivity index (χ1) is 13.5. The molecule has 1 nitrogen and oxygen atoms in total. The predicted octanol–water partition coefficient (Wildman–Crippen LogP) is 8.62. The summed E-state index contributed by atoms with van der Waals surface area (Å²) < 4.78 is 0. The molecule has 1 aromatic carbocycles. The molecular weight excluding hydrogens is 369 g/mol. The highest BCUT2D eigenvalue weighted by atomic mass is 31.1. The SMILES string of the molecule is CC(C)c1cccc(C(C)C)c1-c1cccc(CC(C)(C)P(C(C)C)C(C)C)n1. The van der Waals surface area contributed by atoms with Crippen molar-refractivity contribution < 1.29 is 0 Å². The van der Waals surface area contributed by atoms with Crippen LogP contribution in [0.4, 0.5) is 0 Å². The number of rotatable bonds is 8. The molecule has 0 fully saturated rings. The molecule has 0 N–H and O–H groups in total. The maximum absolute atomic E-state index is 5.23. The van der Waals surface area contributed by atoms with Crippen molar-refractivity contribution in [3.63, 3.8) is 0 Å². The van der Waals surface area contributed by atoms with Gasteiger partial charge < -0.3 is 0 Å². The Bertz CT molecular complexity index is 768. The third kappa shape index (κ3) is 5.69. The molecule has 29 heavy (non-hydrogen) atoms. The molecule has 0 amide bonds. The van der Waals surface area contributed by atoms with Crippen molar-refractivity contribution in [3.8, 4) is 11.3 Å². The molecule has 1 heterocycles. The molecule has 0 spiro atoms. The minimum Gasteiger partial charge on any atom is -0.253 e. The van der Waals surface area contributed by atoms with Gasteiger partial charge in [-0.15, -0.1) is 0 Å². The number of pyridine rings is 1. The van der Waals surface area contributed by atoms with Crippen LogP contribution in [0.2, 0.25) is 0 Å². The Morgan fingerprint density at radius 3 is 1.69 bits per heavy atom. The van der Waals surface area contributed by atoms with Crippen molar-refractivity contribution in [2.45, 2.75) is 104 Å². The fourth-order valence-corrected chi connectivity index (χ4v) is 9.43. The number of nitrogens with zero attached hydrogens (tertiary/aromatic N) is 1. The maximum Gasteiger partial charge on any atom is 0.0711 e. The zero-order valence-corrected chi connectivity index (χ0v) is 21.3. The van der Waals surface area contributed by atoms with Crippen LogP contribution in [0.1, 0.15) is 97.9 Å². The summed E-state index contributed by atoms with van der Waals surface area (Å²) in [6.45, 7) is 23.6. The average molecular weight is 412 g/mol. The smallest absolute Gasteiger partial charge is 0.0711 e. The van der Waals surface area contributed by atoms with E-state index in [2.05, 4.69) is 106 Å². The van der Waals surface area contributed by atoms with Crippen LogP contribution in [-0.2, 0) is 6.42 Å². The minimum absolute atomic E-state index is 0.0825. The Morgan fingerprint density at radius 2 is 1.24 bits per heavy atom. The summed E-state index contributed by atoms with van der Waals surface area (Å²) in [4.78, 5) is 5.23. The Kier molecular flexibility index (Phi) is 8.08. The normalized spacial score (nSPS) is 12.8. The van der Waals surface area contributed by atoms with Crippen LogP contribution in [-0.4, -0.2) is 21.5 Å². The van der Waals surface area contributed by atoms with Gasteiger partial charge in [-0.25, -0.2) is 0 Å². The molecule has 0 saturated heterocycles. The van der Waals surface area contributed by atoms with Gasteiger partial charge in [0.05, 0.1) is 5.69 Å². The maximum atomic E-state index is 5.23. The van der Waals surface area contributed by atoms with Crippen molar-refractivity contribution in [2.75, 3.05) is 0 Å². The van der Waals surface area contributed by atoms with Crippen LogP contribution in [0.15, 0.2) is 36.4 Å². The highest BCUT2D eigenvalue weighted by Gasteiger charge is 2.34. The molecule has 2 heteroatoms. The molecule has 0 aliphatic heterocycles. The zero-order chi connectivity index (χ0) is 21.9. The van der Waals surface area contributed by atoms with Crippen molar-refractivity contribution in [1.29, 1.82) is 0 Å². The quantitative estimate of drug-likeness (QED) is 0.396. The number of hydrogen-bond acceptors (Lipinski definition) is 1. The molecule has 0 unspecified atom stereocenters. The molecule has 0 radical (unpaired) electrons. The molecule has 0 atom stereocenters. The Labute approximate surface area is 181 Å². The van der Waals surface area contributed by atoms with Gasteiger partial charge in [0, 0.05) is 11.3 Å². The summed E-state index contributed by atoms with van der Waals surface area (Å²) in [5.41, 5.74) is 8.01. The van der Waals surface area contributed by atoms with E-state index in [0.29, 0.717) is 11.8 Å². The van der Waals surface area contributed by atoms with Gasteiger partial charge >= 0.3 is 0 Å². The van der Waals surface area contributed by atoms with Crippen molar-refractivity contribution >= 4 is 7.92 Å². The van der Waals surface area contributed by atoms with E-state index in [0.717, 1.165) is 23.4 Å². The molecular formula is C27H42NP. The average Bonchev–Trinajstić information content (AvgIpc) is 2.59. The van der Waals surface area contributed by atoms with E-state index in [-0.39, 0.29) is 13.1 Å². The Hall–Kier alpha value is -1.20. The lowest BCUT2D eigenvalue weighted by molar-refractivity contribution is 0.662. The van der Waals surface area contributed by atoms with E-state index >= 15 is 0 Å². The van der Waals surface area contributed by atoms with Gasteiger partial charge in [0.15, 0.2) is 0 Å². The van der Waals surface area contributed by atoms with Gasteiger partial charge in [-0.1, -0.05) is 101 Å². The lowest BCUT2D eigenvalue weighted by Gasteiger charge is -2.40.